The monoisotopic (exact) mass is 280 g/mol. The van der Waals surface area contributed by atoms with Gasteiger partial charge in [0.2, 0.25) is 0 Å². The molecule has 0 atom stereocenters. The van der Waals surface area contributed by atoms with Gasteiger partial charge in [0.05, 0.1) is 0 Å². The Kier molecular flexibility index (Phi) is 6.55. The standard InChI is InChI=1S/C14H20N2O4/c1-9(2)13(19)15(7-11(5)17)16(8-12(6)18)14(20)10(3)4/h1,3,7-8H2,2,4-6H3. The smallest absolute Gasteiger partial charge is 0.267 e. The van der Waals surface area contributed by atoms with Gasteiger partial charge < -0.3 is 0 Å². The van der Waals surface area contributed by atoms with E-state index >= 15 is 0 Å². The molecule has 0 aromatic heterocycles. The van der Waals surface area contributed by atoms with E-state index in [4.69, 9.17) is 0 Å². The average Bonchev–Trinajstić information content (AvgIpc) is 2.30. The third kappa shape index (κ3) is 5.17. The van der Waals surface area contributed by atoms with Crippen LogP contribution in [0.1, 0.15) is 27.7 Å². The fraction of sp³-hybridized carbons (Fsp3) is 0.429. The van der Waals surface area contributed by atoms with Crippen LogP contribution in [0.2, 0.25) is 0 Å². The van der Waals surface area contributed by atoms with Gasteiger partial charge in [-0.1, -0.05) is 13.2 Å². The summed E-state index contributed by atoms with van der Waals surface area (Å²) in [6.45, 7) is 11.9. The van der Waals surface area contributed by atoms with Crippen LogP contribution in [0.5, 0.6) is 0 Å². The molecule has 0 aliphatic rings. The Balaban J connectivity index is 5.60. The first-order valence-electron chi connectivity index (χ1n) is 6.01. The molecule has 0 radical (unpaired) electrons. The first kappa shape index (κ1) is 17.8. The van der Waals surface area contributed by atoms with E-state index in [0.29, 0.717) is 0 Å². The number of carbonyl (C=O) groups excluding carboxylic acids is 4. The molecule has 6 heteroatoms. The van der Waals surface area contributed by atoms with Crippen molar-refractivity contribution in [1.29, 1.82) is 0 Å². The molecule has 0 aromatic carbocycles. The number of hydrazine groups is 1. The van der Waals surface area contributed by atoms with Crippen LogP contribution >= 0.6 is 0 Å². The van der Waals surface area contributed by atoms with E-state index in [-0.39, 0.29) is 35.8 Å². The Hall–Kier alpha value is -2.24. The number of amides is 2. The first-order valence-corrected chi connectivity index (χ1v) is 6.01. The van der Waals surface area contributed by atoms with Crippen molar-refractivity contribution in [2.24, 2.45) is 0 Å². The van der Waals surface area contributed by atoms with Crippen LogP contribution in [-0.4, -0.2) is 46.5 Å². The van der Waals surface area contributed by atoms with E-state index in [1.54, 1.807) is 0 Å². The van der Waals surface area contributed by atoms with Crippen LogP contribution in [0, 0.1) is 0 Å². The molecule has 0 N–H and O–H groups in total. The molecule has 0 saturated heterocycles. The van der Waals surface area contributed by atoms with Crippen LogP contribution in [-0.2, 0) is 19.2 Å². The predicted molar refractivity (Wildman–Crippen MR) is 74.4 cm³/mol. The molecule has 6 nitrogen and oxygen atoms in total. The lowest BCUT2D eigenvalue weighted by atomic mass is 10.2. The van der Waals surface area contributed by atoms with E-state index in [0.717, 1.165) is 10.0 Å². The Labute approximate surface area is 118 Å². The molecular formula is C14H20N2O4. The lowest BCUT2D eigenvalue weighted by molar-refractivity contribution is -0.162. The zero-order valence-corrected chi connectivity index (χ0v) is 12.4. The maximum absolute atomic E-state index is 12.1. The Morgan fingerprint density at radius 2 is 0.950 bits per heavy atom. The predicted octanol–water partition coefficient (Wildman–Crippen LogP) is 0.889. The van der Waals surface area contributed by atoms with E-state index in [1.807, 2.05) is 0 Å². The van der Waals surface area contributed by atoms with E-state index < -0.39 is 11.8 Å². The first-order chi connectivity index (χ1) is 9.07. The van der Waals surface area contributed by atoms with Crippen molar-refractivity contribution in [1.82, 2.24) is 10.0 Å². The molecule has 0 heterocycles. The second-order valence-electron chi connectivity index (χ2n) is 4.69. The molecule has 0 unspecified atom stereocenters. The quantitative estimate of drug-likeness (QED) is 0.535. The van der Waals surface area contributed by atoms with Gasteiger partial charge in [0.1, 0.15) is 13.1 Å². The van der Waals surface area contributed by atoms with Crippen molar-refractivity contribution in [2.75, 3.05) is 13.1 Å². The summed E-state index contributed by atoms with van der Waals surface area (Å²) in [5, 5.41) is 1.87. The van der Waals surface area contributed by atoms with Crippen LogP contribution in [0.4, 0.5) is 0 Å². The highest BCUT2D eigenvalue weighted by Crippen LogP contribution is 2.09. The minimum absolute atomic E-state index is 0.161. The fourth-order valence-corrected chi connectivity index (χ4v) is 1.40. The maximum Gasteiger partial charge on any atom is 0.267 e. The summed E-state index contributed by atoms with van der Waals surface area (Å²) >= 11 is 0. The number of ketones is 2. The number of nitrogens with zero attached hydrogens (tertiary/aromatic N) is 2. The molecule has 0 saturated carbocycles. The Bertz CT molecular complexity index is 436. The number of hydrogen-bond acceptors (Lipinski definition) is 4. The van der Waals surface area contributed by atoms with Crippen molar-refractivity contribution in [3.63, 3.8) is 0 Å². The van der Waals surface area contributed by atoms with Gasteiger partial charge in [0, 0.05) is 11.1 Å². The summed E-state index contributed by atoms with van der Waals surface area (Å²) in [6, 6.07) is 0. The largest absolute Gasteiger partial charge is 0.298 e. The van der Waals surface area contributed by atoms with Gasteiger partial charge in [0.15, 0.2) is 11.6 Å². The lowest BCUT2D eigenvalue weighted by Gasteiger charge is -2.33. The van der Waals surface area contributed by atoms with Crippen LogP contribution in [0.15, 0.2) is 24.3 Å². The molecule has 20 heavy (non-hydrogen) atoms. The second-order valence-corrected chi connectivity index (χ2v) is 4.69. The number of carbonyl (C=O) groups is 4. The molecule has 0 aliphatic heterocycles. The van der Waals surface area contributed by atoms with Gasteiger partial charge >= 0.3 is 0 Å². The zero-order valence-electron chi connectivity index (χ0n) is 12.4. The van der Waals surface area contributed by atoms with Gasteiger partial charge in [-0.3, -0.25) is 19.2 Å². The van der Waals surface area contributed by atoms with Crippen molar-refractivity contribution < 1.29 is 19.2 Å². The van der Waals surface area contributed by atoms with Gasteiger partial charge in [-0.25, -0.2) is 10.0 Å². The molecule has 0 aromatic rings. The molecule has 0 rings (SSSR count). The number of Topliss-reactive ketones (excluding diaryl/α,β-unsaturated/α-hetero) is 2. The van der Waals surface area contributed by atoms with E-state index in [2.05, 4.69) is 13.2 Å². The number of rotatable bonds is 6. The van der Waals surface area contributed by atoms with Crippen molar-refractivity contribution >= 4 is 23.4 Å². The molecular weight excluding hydrogens is 260 g/mol. The molecule has 0 spiro atoms. The van der Waals surface area contributed by atoms with Gasteiger partial charge in [-0.05, 0) is 27.7 Å². The van der Waals surface area contributed by atoms with Crippen LogP contribution in [0.25, 0.3) is 0 Å². The third-order valence-corrected chi connectivity index (χ3v) is 2.24. The minimum Gasteiger partial charge on any atom is -0.298 e. The second kappa shape index (κ2) is 7.37. The summed E-state index contributed by atoms with van der Waals surface area (Å²) in [5.41, 5.74) is 0.323. The van der Waals surface area contributed by atoms with E-state index in [1.165, 1.54) is 27.7 Å². The minimum atomic E-state index is -0.587. The highest BCUT2D eigenvalue weighted by Gasteiger charge is 2.28. The molecule has 0 fully saturated rings. The topological polar surface area (TPSA) is 74.8 Å². The molecule has 110 valence electrons. The summed E-state index contributed by atoms with van der Waals surface area (Å²) in [6.07, 6.45) is 0. The molecule has 0 aliphatic carbocycles. The van der Waals surface area contributed by atoms with Crippen molar-refractivity contribution in [3.8, 4) is 0 Å². The van der Waals surface area contributed by atoms with Crippen LogP contribution < -0.4 is 0 Å². The SMILES string of the molecule is C=C(C)C(=O)N(CC(C)=O)N(CC(C)=O)C(=O)C(=C)C. The van der Waals surface area contributed by atoms with Crippen molar-refractivity contribution in [3.05, 3.63) is 24.3 Å². The van der Waals surface area contributed by atoms with Gasteiger partial charge in [-0.2, -0.15) is 0 Å². The highest BCUT2D eigenvalue weighted by molar-refractivity contribution is 6.00. The summed E-state index contributed by atoms with van der Waals surface area (Å²) in [7, 11) is 0. The van der Waals surface area contributed by atoms with Crippen molar-refractivity contribution in [2.45, 2.75) is 27.7 Å². The fourth-order valence-electron chi connectivity index (χ4n) is 1.40. The third-order valence-electron chi connectivity index (χ3n) is 2.24. The van der Waals surface area contributed by atoms with Crippen LogP contribution in [0.3, 0.4) is 0 Å². The lowest BCUT2D eigenvalue weighted by Crippen LogP contribution is -2.53. The molecule has 2 amide bonds. The number of hydrogen-bond donors (Lipinski definition) is 0. The molecule has 0 bridgehead atoms. The van der Waals surface area contributed by atoms with E-state index in [9.17, 15) is 19.2 Å². The summed E-state index contributed by atoms with van der Waals surface area (Å²) < 4.78 is 0. The Morgan fingerprint density at radius 3 is 1.10 bits per heavy atom. The zero-order chi connectivity index (χ0) is 16.0. The Morgan fingerprint density at radius 1 is 0.700 bits per heavy atom. The maximum atomic E-state index is 12.1. The van der Waals surface area contributed by atoms with Gasteiger partial charge in [0.25, 0.3) is 11.8 Å². The summed E-state index contributed by atoms with van der Waals surface area (Å²) in [5.74, 6) is -1.81. The highest BCUT2D eigenvalue weighted by atomic mass is 16.2. The average molecular weight is 280 g/mol. The van der Waals surface area contributed by atoms with Gasteiger partial charge in [-0.15, -0.1) is 0 Å². The normalized spacial score (nSPS) is 9.60. The summed E-state index contributed by atoms with van der Waals surface area (Å²) in [4.78, 5) is 46.7.